The molecular weight excluding hydrogens is 436 g/mol. The first-order valence-electron chi connectivity index (χ1n) is 11.3. The number of ether oxygens (including phenoxy) is 3. The van der Waals surface area contributed by atoms with E-state index in [0.29, 0.717) is 11.5 Å². The van der Waals surface area contributed by atoms with Crippen LogP contribution in [0.3, 0.4) is 0 Å². The minimum atomic E-state index is -0.934. The molecule has 0 heterocycles. The lowest BCUT2D eigenvalue weighted by Gasteiger charge is -2.21. The Morgan fingerprint density at radius 1 is 0.882 bits per heavy atom. The van der Waals surface area contributed by atoms with E-state index in [9.17, 15) is 14.4 Å². The molecule has 0 fully saturated rings. The third kappa shape index (κ3) is 7.50. The molecule has 0 spiro atoms. The molecule has 2 rings (SSSR count). The normalized spacial score (nSPS) is 12.4. The summed E-state index contributed by atoms with van der Waals surface area (Å²) in [6, 6.07) is 11.5. The summed E-state index contributed by atoms with van der Waals surface area (Å²) in [7, 11) is 2.97. The zero-order valence-corrected chi connectivity index (χ0v) is 20.6. The van der Waals surface area contributed by atoms with Crippen LogP contribution in [0.1, 0.15) is 55.2 Å². The van der Waals surface area contributed by atoms with Crippen molar-refractivity contribution in [3.05, 3.63) is 59.2 Å². The summed E-state index contributed by atoms with van der Waals surface area (Å²) < 4.78 is 15.6. The number of amides is 2. The molecular formula is C26H34N2O6. The number of carbonyl (C=O) groups excluding carboxylic acids is 3. The molecule has 0 saturated heterocycles. The largest absolute Gasteiger partial charge is 0.497 e. The van der Waals surface area contributed by atoms with E-state index in [4.69, 9.17) is 14.2 Å². The van der Waals surface area contributed by atoms with E-state index in [1.807, 2.05) is 31.2 Å². The van der Waals surface area contributed by atoms with Crippen molar-refractivity contribution in [1.82, 2.24) is 10.6 Å². The van der Waals surface area contributed by atoms with Crippen LogP contribution in [0.4, 0.5) is 0 Å². The third-order valence-electron chi connectivity index (χ3n) is 5.43. The molecule has 1 unspecified atom stereocenters. The molecule has 8 heteroatoms. The highest BCUT2D eigenvalue weighted by molar-refractivity contribution is 5.97. The Kier molecular flexibility index (Phi) is 9.92. The fourth-order valence-corrected chi connectivity index (χ4v) is 3.30. The summed E-state index contributed by atoms with van der Waals surface area (Å²) in [5.74, 6) is -0.962. The third-order valence-corrected chi connectivity index (χ3v) is 5.43. The number of rotatable bonds is 11. The van der Waals surface area contributed by atoms with Gasteiger partial charge in [0.1, 0.15) is 17.5 Å². The van der Waals surface area contributed by atoms with Gasteiger partial charge in [0.25, 0.3) is 11.8 Å². The van der Waals surface area contributed by atoms with Crippen LogP contribution in [0.5, 0.6) is 11.5 Å². The Bertz CT molecular complexity index is 965. The van der Waals surface area contributed by atoms with Crippen LogP contribution in [-0.4, -0.2) is 44.7 Å². The lowest BCUT2D eigenvalue weighted by molar-refractivity contribution is -0.151. The van der Waals surface area contributed by atoms with Crippen molar-refractivity contribution in [3.63, 3.8) is 0 Å². The zero-order chi connectivity index (χ0) is 25.3. The number of hydrogen-bond acceptors (Lipinski definition) is 6. The molecule has 184 valence electrons. The van der Waals surface area contributed by atoms with Gasteiger partial charge in [0, 0.05) is 11.6 Å². The first kappa shape index (κ1) is 26.7. The highest BCUT2D eigenvalue weighted by Gasteiger charge is 2.27. The second-order valence-electron chi connectivity index (χ2n) is 8.29. The van der Waals surface area contributed by atoms with E-state index < -0.39 is 30.4 Å². The lowest BCUT2D eigenvalue weighted by Crippen LogP contribution is -2.46. The molecule has 0 radical (unpaired) electrons. The predicted octanol–water partition coefficient (Wildman–Crippen LogP) is 3.44. The number of aryl methyl sites for hydroxylation is 1. The Balaban J connectivity index is 1.96. The summed E-state index contributed by atoms with van der Waals surface area (Å²) in [5, 5.41) is 5.50. The maximum Gasteiger partial charge on any atom is 0.329 e. The Morgan fingerprint density at radius 2 is 1.47 bits per heavy atom. The van der Waals surface area contributed by atoms with E-state index in [2.05, 4.69) is 17.6 Å². The van der Waals surface area contributed by atoms with Gasteiger partial charge in [-0.15, -0.1) is 0 Å². The summed E-state index contributed by atoms with van der Waals surface area (Å²) in [6.45, 7) is 7.05. The highest BCUT2D eigenvalue weighted by atomic mass is 16.5. The molecule has 0 bridgehead atoms. The molecule has 2 amide bonds. The average Bonchev–Trinajstić information content (AvgIpc) is 2.84. The molecule has 0 aliphatic rings. The monoisotopic (exact) mass is 470 g/mol. The first-order chi connectivity index (χ1) is 16.2. The van der Waals surface area contributed by atoms with Crippen LogP contribution < -0.4 is 20.1 Å². The average molecular weight is 471 g/mol. The van der Waals surface area contributed by atoms with E-state index in [-0.39, 0.29) is 17.5 Å². The number of nitrogens with one attached hydrogen (secondary N) is 2. The van der Waals surface area contributed by atoms with Gasteiger partial charge in [0.15, 0.2) is 6.61 Å². The molecule has 0 aliphatic heterocycles. The van der Waals surface area contributed by atoms with Crippen molar-refractivity contribution in [1.29, 1.82) is 0 Å². The Labute approximate surface area is 201 Å². The molecule has 2 aromatic rings. The molecule has 34 heavy (non-hydrogen) atoms. The van der Waals surface area contributed by atoms with E-state index in [1.54, 1.807) is 32.0 Å². The predicted molar refractivity (Wildman–Crippen MR) is 129 cm³/mol. The van der Waals surface area contributed by atoms with Gasteiger partial charge in [-0.3, -0.25) is 9.59 Å². The van der Waals surface area contributed by atoms with Crippen molar-refractivity contribution in [2.24, 2.45) is 5.92 Å². The van der Waals surface area contributed by atoms with Crippen molar-refractivity contribution in [2.75, 3.05) is 20.8 Å². The van der Waals surface area contributed by atoms with E-state index in [1.165, 1.54) is 19.8 Å². The fourth-order valence-electron chi connectivity index (χ4n) is 3.30. The maximum absolute atomic E-state index is 12.8. The van der Waals surface area contributed by atoms with Crippen LogP contribution in [-0.2, 0) is 20.7 Å². The van der Waals surface area contributed by atoms with Crippen LogP contribution in [0.25, 0.3) is 0 Å². The second-order valence-corrected chi connectivity index (χ2v) is 8.29. The lowest BCUT2D eigenvalue weighted by atomic mass is 10.0. The van der Waals surface area contributed by atoms with Crippen LogP contribution in [0.2, 0.25) is 0 Å². The second kappa shape index (κ2) is 12.6. The maximum atomic E-state index is 12.8. The van der Waals surface area contributed by atoms with Gasteiger partial charge in [-0.05, 0) is 42.5 Å². The minimum Gasteiger partial charge on any atom is -0.497 e. The quantitative estimate of drug-likeness (QED) is 0.488. The van der Waals surface area contributed by atoms with Crippen molar-refractivity contribution in [2.45, 2.75) is 46.2 Å². The molecule has 2 atom stereocenters. The van der Waals surface area contributed by atoms with Crippen LogP contribution in [0.15, 0.2) is 42.5 Å². The van der Waals surface area contributed by atoms with Gasteiger partial charge in [-0.1, -0.05) is 45.0 Å². The van der Waals surface area contributed by atoms with Gasteiger partial charge in [0.05, 0.1) is 20.3 Å². The number of esters is 1. The smallest absolute Gasteiger partial charge is 0.329 e. The standard InChI is InChI=1S/C26H34N2O6/c1-7-18-8-10-19(11-9-18)17(4)27-23(29)15-34-26(31)24(16(2)3)28-25(30)20-12-21(32-5)14-22(13-20)33-6/h8-14,16-17,24H,7,15H2,1-6H3,(H,27,29)(H,28,30)/t17?,24-/m0/s1. The Hall–Kier alpha value is -3.55. The Morgan fingerprint density at radius 3 is 1.97 bits per heavy atom. The number of benzene rings is 2. The molecule has 2 aromatic carbocycles. The van der Waals surface area contributed by atoms with E-state index >= 15 is 0 Å². The summed E-state index contributed by atoms with van der Waals surface area (Å²) in [6.07, 6.45) is 0.940. The molecule has 8 nitrogen and oxygen atoms in total. The van der Waals surface area contributed by atoms with Gasteiger partial charge in [0.2, 0.25) is 0 Å². The van der Waals surface area contributed by atoms with Crippen molar-refractivity contribution >= 4 is 17.8 Å². The van der Waals surface area contributed by atoms with E-state index in [0.717, 1.165) is 12.0 Å². The molecule has 2 N–H and O–H groups in total. The SMILES string of the molecule is CCc1ccc(C(C)NC(=O)COC(=O)[C@@H](NC(=O)c2cc(OC)cc(OC)c2)C(C)C)cc1. The van der Waals surface area contributed by atoms with Crippen molar-refractivity contribution in [3.8, 4) is 11.5 Å². The van der Waals surface area contributed by atoms with Gasteiger partial charge in [-0.25, -0.2) is 4.79 Å². The van der Waals surface area contributed by atoms with Gasteiger partial charge >= 0.3 is 5.97 Å². The topological polar surface area (TPSA) is 103 Å². The van der Waals surface area contributed by atoms with Gasteiger partial charge < -0.3 is 24.8 Å². The molecule has 0 saturated carbocycles. The molecule has 0 aliphatic carbocycles. The van der Waals surface area contributed by atoms with Crippen LogP contribution in [0, 0.1) is 5.92 Å². The zero-order valence-electron chi connectivity index (χ0n) is 20.6. The number of carbonyl (C=O) groups is 3. The molecule has 0 aromatic heterocycles. The first-order valence-corrected chi connectivity index (χ1v) is 11.3. The van der Waals surface area contributed by atoms with Crippen molar-refractivity contribution < 1.29 is 28.6 Å². The number of hydrogen-bond donors (Lipinski definition) is 2. The number of methoxy groups -OCH3 is 2. The summed E-state index contributed by atoms with van der Waals surface area (Å²) >= 11 is 0. The summed E-state index contributed by atoms with van der Waals surface area (Å²) in [4.78, 5) is 37.8. The van der Waals surface area contributed by atoms with Crippen LogP contribution >= 0.6 is 0 Å². The fraction of sp³-hybridized carbons (Fsp3) is 0.423. The highest BCUT2D eigenvalue weighted by Crippen LogP contribution is 2.22. The minimum absolute atomic E-state index is 0.235. The summed E-state index contributed by atoms with van der Waals surface area (Å²) in [5.41, 5.74) is 2.44. The van der Waals surface area contributed by atoms with Gasteiger partial charge in [-0.2, -0.15) is 0 Å².